The molecule has 2 saturated carbocycles. The molecule has 4 atom stereocenters. The summed E-state index contributed by atoms with van der Waals surface area (Å²) < 4.78 is 0.859. The molecular weight excluding hydrogens is 330 g/mol. The molecule has 1 aliphatic heterocycles. The van der Waals surface area contributed by atoms with Gasteiger partial charge >= 0.3 is 0 Å². The molecule has 0 amide bonds. The highest BCUT2D eigenvalue weighted by Gasteiger charge is 2.70. The number of hydrogen-bond acceptors (Lipinski definition) is 4. The molecule has 1 heterocycles. The molecule has 0 spiro atoms. The van der Waals surface area contributed by atoms with E-state index >= 15 is 0 Å². The maximum atomic E-state index is 12.4. The fourth-order valence-electron chi connectivity index (χ4n) is 6.52. The fourth-order valence-corrected chi connectivity index (χ4v) is 6.52. The zero-order valence-corrected chi connectivity index (χ0v) is 15.4. The van der Waals surface area contributed by atoms with Crippen LogP contribution in [0.25, 0.3) is 0 Å². The first-order valence-corrected chi connectivity index (χ1v) is 9.92. The molecule has 3 fully saturated rings. The van der Waals surface area contributed by atoms with E-state index in [0.29, 0.717) is 31.2 Å². The Bertz CT molecular complexity index is 803. The Morgan fingerprint density at radius 3 is 2.73 bits per heavy atom. The van der Waals surface area contributed by atoms with Crippen molar-refractivity contribution >= 4 is 5.78 Å². The predicted octanol–water partition coefficient (Wildman–Crippen LogP) is 2.00. The number of likely N-dealkylation sites (tertiary alicyclic amines) is 1. The maximum absolute atomic E-state index is 12.4. The summed E-state index contributed by atoms with van der Waals surface area (Å²) in [5.41, 5.74) is -0.127. The van der Waals surface area contributed by atoms with Crippen LogP contribution < -0.4 is 0 Å². The highest BCUT2D eigenvalue weighted by atomic mass is 16.3. The van der Waals surface area contributed by atoms with E-state index < -0.39 is 11.0 Å². The van der Waals surface area contributed by atoms with Crippen molar-refractivity contribution in [3.05, 3.63) is 23.3 Å². The van der Waals surface area contributed by atoms with E-state index in [-0.39, 0.29) is 29.7 Å². The van der Waals surface area contributed by atoms with Crippen molar-refractivity contribution in [1.82, 2.24) is 0 Å². The van der Waals surface area contributed by atoms with Crippen molar-refractivity contribution in [2.75, 3.05) is 20.1 Å². The highest BCUT2D eigenvalue weighted by Crippen LogP contribution is 2.61. The average Bonchev–Trinajstić information content (AvgIpc) is 3.39. The molecule has 26 heavy (non-hydrogen) atoms. The van der Waals surface area contributed by atoms with E-state index in [1.165, 1.54) is 12.8 Å². The number of fused-ring (bicyclic) bond motifs is 1. The molecule has 1 saturated heterocycles. The molecule has 5 nitrogen and oxygen atoms in total. The van der Waals surface area contributed by atoms with Gasteiger partial charge in [0, 0.05) is 42.6 Å². The van der Waals surface area contributed by atoms with E-state index in [4.69, 9.17) is 0 Å². The van der Waals surface area contributed by atoms with Gasteiger partial charge < -0.3 is 19.8 Å². The number of aliphatic hydroxyl groups is 1. The van der Waals surface area contributed by atoms with Crippen LogP contribution in [-0.4, -0.2) is 57.4 Å². The third-order valence-electron chi connectivity index (χ3n) is 7.97. The van der Waals surface area contributed by atoms with Gasteiger partial charge in [-0.15, -0.1) is 0 Å². The normalized spacial score (nSPS) is 41.5. The lowest BCUT2D eigenvalue weighted by molar-refractivity contribution is -0.950. The fraction of sp³-hybridized carbons (Fsp3) is 0.667. The number of carbonyl (C=O) groups excluding carboxylic acids is 1. The molecule has 5 heteroatoms. The van der Waals surface area contributed by atoms with Crippen molar-refractivity contribution in [3.63, 3.8) is 0 Å². The zero-order chi connectivity index (χ0) is 18.3. The van der Waals surface area contributed by atoms with Crippen molar-refractivity contribution in [3.8, 4) is 11.5 Å². The molecule has 4 aliphatic rings. The second-order valence-electron chi connectivity index (χ2n) is 9.49. The van der Waals surface area contributed by atoms with Gasteiger partial charge in [0.1, 0.15) is 17.4 Å². The van der Waals surface area contributed by atoms with Crippen LogP contribution in [0.4, 0.5) is 0 Å². The number of quaternary nitrogens is 1. The van der Waals surface area contributed by atoms with Crippen LogP contribution in [0.1, 0.15) is 49.7 Å². The van der Waals surface area contributed by atoms with Gasteiger partial charge in [0.15, 0.2) is 11.5 Å². The SMILES string of the molecule is C[N+]1(CC2CC2)CCC23CC(=O)CCC2(O)C1Cc1ccc(O)c(O)c13. The molecule has 1 aromatic carbocycles. The Kier molecular flexibility index (Phi) is 3.20. The first kappa shape index (κ1) is 16.6. The molecule has 3 aliphatic carbocycles. The topological polar surface area (TPSA) is 77.8 Å². The van der Waals surface area contributed by atoms with Crippen LogP contribution in [0.15, 0.2) is 12.1 Å². The van der Waals surface area contributed by atoms with Gasteiger partial charge in [-0.2, -0.15) is 0 Å². The predicted molar refractivity (Wildman–Crippen MR) is 96.0 cm³/mol. The van der Waals surface area contributed by atoms with Crippen LogP contribution >= 0.6 is 0 Å². The molecule has 140 valence electrons. The van der Waals surface area contributed by atoms with Crippen LogP contribution in [-0.2, 0) is 16.6 Å². The van der Waals surface area contributed by atoms with Gasteiger partial charge in [0.25, 0.3) is 0 Å². The summed E-state index contributed by atoms with van der Waals surface area (Å²) in [6, 6.07) is 3.46. The number of benzene rings is 1. The lowest BCUT2D eigenvalue weighted by atomic mass is 9.48. The van der Waals surface area contributed by atoms with Gasteiger partial charge in [-0.25, -0.2) is 0 Å². The number of Topliss-reactive ketones (excluding diaryl/α,β-unsaturated/α-hetero) is 1. The van der Waals surface area contributed by atoms with Gasteiger partial charge in [-0.05, 0) is 30.9 Å². The van der Waals surface area contributed by atoms with Crippen LogP contribution in [0.3, 0.4) is 0 Å². The lowest BCUT2D eigenvalue weighted by Gasteiger charge is -2.65. The third-order valence-corrected chi connectivity index (χ3v) is 7.97. The molecule has 4 unspecified atom stereocenters. The van der Waals surface area contributed by atoms with Crippen molar-refractivity contribution in [1.29, 1.82) is 0 Å². The quantitative estimate of drug-likeness (QED) is 0.558. The molecule has 3 N–H and O–H groups in total. The van der Waals surface area contributed by atoms with E-state index in [0.717, 1.165) is 29.1 Å². The van der Waals surface area contributed by atoms with Crippen molar-refractivity contribution in [2.24, 2.45) is 5.92 Å². The standard InChI is InChI=1S/C21H27NO4/c1-22(12-13-2-3-13)9-8-20-11-15(23)6-7-21(20,26)17(22)10-14-4-5-16(24)19(25)18(14)20/h4-5,13,17,26H,2-3,6-12H2,1H3,(H-,24,25)/p+1. The summed E-state index contributed by atoms with van der Waals surface area (Å²) >= 11 is 0. The average molecular weight is 358 g/mol. The third kappa shape index (κ3) is 1.96. The number of piperidine rings is 1. The first-order valence-electron chi connectivity index (χ1n) is 9.92. The van der Waals surface area contributed by atoms with Crippen LogP contribution in [0.5, 0.6) is 11.5 Å². The molecule has 0 aromatic heterocycles. The van der Waals surface area contributed by atoms with Crippen LogP contribution in [0, 0.1) is 5.92 Å². The summed E-state index contributed by atoms with van der Waals surface area (Å²) in [4.78, 5) is 12.4. The minimum atomic E-state index is -0.999. The Labute approximate surface area is 153 Å². The van der Waals surface area contributed by atoms with Crippen molar-refractivity contribution in [2.45, 2.75) is 62.0 Å². The lowest BCUT2D eigenvalue weighted by Crippen LogP contribution is -2.78. The Balaban J connectivity index is 1.72. The number of hydrogen-bond donors (Lipinski definition) is 3. The number of rotatable bonds is 2. The molecule has 0 radical (unpaired) electrons. The van der Waals surface area contributed by atoms with Crippen molar-refractivity contribution < 1.29 is 24.6 Å². The summed E-state index contributed by atoms with van der Waals surface area (Å²) in [6.45, 7) is 2.00. The largest absolute Gasteiger partial charge is 0.504 e. The Morgan fingerprint density at radius 1 is 1.23 bits per heavy atom. The Morgan fingerprint density at radius 2 is 2.00 bits per heavy atom. The first-order chi connectivity index (χ1) is 12.3. The maximum Gasteiger partial charge on any atom is 0.161 e. The monoisotopic (exact) mass is 358 g/mol. The summed E-state index contributed by atoms with van der Waals surface area (Å²) in [7, 11) is 2.27. The number of likely N-dealkylation sites (N-methyl/N-ethyl adjacent to an activating group) is 1. The Hall–Kier alpha value is -1.59. The number of aromatic hydroxyl groups is 2. The number of carbonyl (C=O) groups is 1. The van der Waals surface area contributed by atoms with E-state index in [1.807, 2.05) is 6.07 Å². The van der Waals surface area contributed by atoms with E-state index in [9.17, 15) is 20.1 Å². The number of phenolic OH excluding ortho intramolecular Hbond substituents is 2. The van der Waals surface area contributed by atoms with Crippen LogP contribution in [0.2, 0.25) is 0 Å². The van der Waals surface area contributed by atoms with Gasteiger partial charge in [0.05, 0.1) is 20.1 Å². The molecule has 1 aromatic rings. The van der Waals surface area contributed by atoms with E-state index in [1.54, 1.807) is 6.07 Å². The minimum Gasteiger partial charge on any atom is -0.504 e. The molecule has 5 rings (SSSR count). The summed E-state index contributed by atoms with van der Waals surface area (Å²) in [5, 5.41) is 32.9. The smallest absolute Gasteiger partial charge is 0.161 e. The second kappa shape index (κ2) is 5.02. The molecule has 2 bridgehead atoms. The highest BCUT2D eigenvalue weighted by molar-refractivity contribution is 5.83. The summed E-state index contributed by atoms with van der Waals surface area (Å²) in [6.07, 6.45) is 5.09. The second-order valence-corrected chi connectivity index (χ2v) is 9.49. The minimum absolute atomic E-state index is 0.0430. The van der Waals surface area contributed by atoms with E-state index in [2.05, 4.69) is 7.05 Å². The van der Waals surface area contributed by atoms with Gasteiger partial charge in [0.2, 0.25) is 0 Å². The summed E-state index contributed by atoms with van der Waals surface area (Å²) in [5.74, 6) is 0.628. The van der Waals surface area contributed by atoms with Gasteiger partial charge in [-0.3, -0.25) is 4.79 Å². The number of phenols is 2. The van der Waals surface area contributed by atoms with Gasteiger partial charge in [-0.1, -0.05) is 6.07 Å². The zero-order valence-electron chi connectivity index (χ0n) is 15.4. The molecular formula is C21H28NO4+. The number of nitrogens with zero attached hydrogens (tertiary/aromatic N) is 1. The number of ketones is 1.